The van der Waals surface area contributed by atoms with E-state index in [1.807, 2.05) is 0 Å². The lowest BCUT2D eigenvalue weighted by atomic mass is 9.76. The Kier molecular flexibility index (Phi) is 3.78. The minimum atomic E-state index is -1.11. The summed E-state index contributed by atoms with van der Waals surface area (Å²) in [6, 6.07) is 3.76. The molecule has 0 amide bonds. The molecular formula is C17H21NO5. The molecule has 1 N–H and O–H groups in total. The lowest BCUT2D eigenvalue weighted by molar-refractivity contribution is -0.386. The van der Waals surface area contributed by atoms with Crippen LogP contribution in [0.15, 0.2) is 18.2 Å². The Morgan fingerprint density at radius 1 is 1.43 bits per heavy atom. The molecule has 1 aromatic rings. The van der Waals surface area contributed by atoms with Crippen molar-refractivity contribution in [3.05, 3.63) is 33.9 Å². The molecule has 2 fully saturated rings. The van der Waals surface area contributed by atoms with E-state index in [-0.39, 0.29) is 22.9 Å². The third kappa shape index (κ3) is 2.56. The third-order valence-corrected chi connectivity index (χ3v) is 5.52. The van der Waals surface area contributed by atoms with E-state index < -0.39 is 16.5 Å². The maximum atomic E-state index is 11.3. The smallest absolute Gasteiger partial charge is 0.335 e. The van der Waals surface area contributed by atoms with Crippen LogP contribution in [0.1, 0.15) is 49.9 Å². The van der Waals surface area contributed by atoms with E-state index in [0.29, 0.717) is 11.8 Å². The fraction of sp³-hybridized carbons (Fsp3) is 0.588. The molecule has 1 aromatic carbocycles. The summed E-state index contributed by atoms with van der Waals surface area (Å²) in [6.45, 7) is 4.15. The number of carboxylic acid groups (broad SMARTS) is 1. The number of hydrogen-bond donors (Lipinski definition) is 1. The Hall–Kier alpha value is -2.11. The molecule has 2 aliphatic rings. The standard InChI is InChI=1S/C17H21NO5/c1-10(2)17(9-11-3-5-13(17)7-11)23-15-8-12(16(19)20)4-6-14(15)18(21)22/h4,6,8,10-11,13H,3,5,7,9H2,1-2H3,(H,19,20). The molecule has 2 bridgehead atoms. The highest BCUT2D eigenvalue weighted by atomic mass is 16.6. The van der Waals surface area contributed by atoms with Gasteiger partial charge in [-0.15, -0.1) is 0 Å². The maximum Gasteiger partial charge on any atom is 0.335 e. The Morgan fingerprint density at radius 3 is 2.65 bits per heavy atom. The Labute approximate surface area is 134 Å². The van der Waals surface area contributed by atoms with Gasteiger partial charge in [-0.25, -0.2) is 4.79 Å². The molecular weight excluding hydrogens is 298 g/mol. The van der Waals surface area contributed by atoms with Crippen LogP contribution in [0.3, 0.4) is 0 Å². The van der Waals surface area contributed by atoms with Gasteiger partial charge in [0.05, 0.1) is 10.5 Å². The summed E-state index contributed by atoms with van der Waals surface area (Å²) in [5.74, 6) is 0.183. The minimum absolute atomic E-state index is 0.00709. The largest absolute Gasteiger partial charge is 0.480 e. The van der Waals surface area contributed by atoms with Crippen LogP contribution < -0.4 is 4.74 Å². The highest BCUT2D eigenvalue weighted by Crippen LogP contribution is 2.56. The first-order valence-electron chi connectivity index (χ1n) is 8.04. The fourth-order valence-corrected chi connectivity index (χ4v) is 4.36. The molecule has 6 heteroatoms. The lowest BCUT2D eigenvalue weighted by Crippen LogP contribution is -2.46. The zero-order chi connectivity index (χ0) is 16.8. The van der Waals surface area contributed by atoms with Gasteiger partial charge in [0.25, 0.3) is 0 Å². The topological polar surface area (TPSA) is 89.7 Å². The zero-order valence-electron chi connectivity index (χ0n) is 13.3. The Bertz CT molecular complexity index is 656. The zero-order valence-corrected chi connectivity index (χ0v) is 13.3. The normalized spacial score (nSPS) is 29.0. The molecule has 0 spiro atoms. The number of ether oxygens (including phenoxy) is 1. The second-order valence-electron chi connectivity index (χ2n) is 7.04. The first kappa shape index (κ1) is 15.8. The van der Waals surface area contributed by atoms with Gasteiger partial charge in [-0.1, -0.05) is 13.8 Å². The predicted molar refractivity (Wildman–Crippen MR) is 83.7 cm³/mol. The maximum absolute atomic E-state index is 11.3. The van der Waals surface area contributed by atoms with E-state index in [2.05, 4.69) is 13.8 Å². The number of aromatic carboxylic acids is 1. The number of nitrogens with zero attached hydrogens (tertiary/aromatic N) is 1. The highest BCUT2D eigenvalue weighted by molar-refractivity contribution is 5.88. The Balaban J connectivity index is 2.01. The molecule has 2 saturated carbocycles. The average Bonchev–Trinajstić information content (AvgIpc) is 3.08. The molecule has 0 saturated heterocycles. The molecule has 0 radical (unpaired) electrons. The molecule has 3 atom stereocenters. The highest BCUT2D eigenvalue weighted by Gasteiger charge is 2.55. The Morgan fingerprint density at radius 2 is 2.17 bits per heavy atom. The van der Waals surface area contributed by atoms with E-state index in [0.717, 1.165) is 19.3 Å². The van der Waals surface area contributed by atoms with E-state index >= 15 is 0 Å². The molecule has 0 heterocycles. The van der Waals surface area contributed by atoms with Crippen LogP contribution in [0.2, 0.25) is 0 Å². The first-order valence-corrected chi connectivity index (χ1v) is 8.04. The van der Waals surface area contributed by atoms with Crippen molar-refractivity contribution in [1.29, 1.82) is 0 Å². The SMILES string of the molecule is CC(C)C1(Oc2cc(C(=O)O)ccc2[N+](=O)[O-])CC2CCC1C2. The van der Waals surface area contributed by atoms with Crippen LogP contribution in [-0.4, -0.2) is 21.6 Å². The number of nitro benzene ring substituents is 1. The van der Waals surface area contributed by atoms with Crippen LogP contribution in [0.4, 0.5) is 5.69 Å². The summed E-state index contributed by atoms with van der Waals surface area (Å²) in [7, 11) is 0. The second kappa shape index (κ2) is 5.51. The first-order chi connectivity index (χ1) is 10.8. The molecule has 3 unspecified atom stereocenters. The monoisotopic (exact) mass is 319 g/mol. The summed E-state index contributed by atoms with van der Waals surface area (Å²) in [6.07, 6.45) is 4.27. The van der Waals surface area contributed by atoms with Crippen molar-refractivity contribution in [3.8, 4) is 5.75 Å². The number of fused-ring (bicyclic) bond motifs is 2. The van der Waals surface area contributed by atoms with Gasteiger partial charge in [0.15, 0.2) is 5.75 Å². The number of carboxylic acids is 1. The van der Waals surface area contributed by atoms with Gasteiger partial charge in [0.2, 0.25) is 0 Å². The number of benzene rings is 1. The molecule has 0 aliphatic heterocycles. The number of hydrogen-bond acceptors (Lipinski definition) is 4. The van der Waals surface area contributed by atoms with Crippen molar-refractivity contribution >= 4 is 11.7 Å². The molecule has 124 valence electrons. The van der Waals surface area contributed by atoms with E-state index in [1.54, 1.807) is 0 Å². The van der Waals surface area contributed by atoms with Crippen molar-refractivity contribution in [2.45, 2.75) is 45.1 Å². The van der Waals surface area contributed by atoms with Crippen LogP contribution in [0.25, 0.3) is 0 Å². The summed E-state index contributed by atoms with van der Waals surface area (Å²) in [5, 5.41) is 20.4. The van der Waals surface area contributed by atoms with Gasteiger partial charge in [-0.3, -0.25) is 10.1 Å². The average molecular weight is 319 g/mol. The van der Waals surface area contributed by atoms with Gasteiger partial charge in [0, 0.05) is 12.1 Å². The van der Waals surface area contributed by atoms with E-state index in [9.17, 15) is 14.9 Å². The van der Waals surface area contributed by atoms with Crippen LogP contribution in [0.5, 0.6) is 5.75 Å². The van der Waals surface area contributed by atoms with Gasteiger partial charge in [0.1, 0.15) is 5.60 Å². The number of carbonyl (C=O) groups is 1. The predicted octanol–water partition coefficient (Wildman–Crippen LogP) is 3.89. The van der Waals surface area contributed by atoms with Crippen LogP contribution in [-0.2, 0) is 0 Å². The quantitative estimate of drug-likeness (QED) is 0.657. The second-order valence-corrected chi connectivity index (χ2v) is 7.04. The van der Waals surface area contributed by atoms with Crippen molar-refractivity contribution in [2.75, 3.05) is 0 Å². The van der Waals surface area contributed by atoms with Crippen LogP contribution >= 0.6 is 0 Å². The van der Waals surface area contributed by atoms with Crippen molar-refractivity contribution in [1.82, 2.24) is 0 Å². The lowest BCUT2D eigenvalue weighted by Gasteiger charge is -2.41. The molecule has 2 aliphatic carbocycles. The fourth-order valence-electron chi connectivity index (χ4n) is 4.36. The van der Waals surface area contributed by atoms with Gasteiger partial charge in [-0.2, -0.15) is 0 Å². The molecule has 0 aromatic heterocycles. The van der Waals surface area contributed by atoms with Crippen molar-refractivity contribution < 1.29 is 19.6 Å². The van der Waals surface area contributed by atoms with E-state index in [1.165, 1.54) is 24.6 Å². The summed E-state index contributed by atoms with van der Waals surface area (Å²) in [5.41, 5.74) is -0.587. The molecule has 6 nitrogen and oxygen atoms in total. The summed E-state index contributed by atoms with van der Waals surface area (Å²) >= 11 is 0. The minimum Gasteiger partial charge on any atom is -0.480 e. The third-order valence-electron chi connectivity index (χ3n) is 5.52. The van der Waals surface area contributed by atoms with E-state index in [4.69, 9.17) is 9.84 Å². The van der Waals surface area contributed by atoms with Crippen molar-refractivity contribution in [3.63, 3.8) is 0 Å². The summed E-state index contributed by atoms with van der Waals surface area (Å²) in [4.78, 5) is 22.0. The number of rotatable bonds is 5. The van der Waals surface area contributed by atoms with Crippen molar-refractivity contribution in [2.24, 2.45) is 17.8 Å². The van der Waals surface area contributed by atoms with Crippen LogP contribution in [0, 0.1) is 27.9 Å². The molecule has 23 heavy (non-hydrogen) atoms. The molecule has 3 rings (SSSR count). The van der Waals surface area contributed by atoms with Gasteiger partial charge >= 0.3 is 11.7 Å². The van der Waals surface area contributed by atoms with Gasteiger partial charge < -0.3 is 9.84 Å². The summed E-state index contributed by atoms with van der Waals surface area (Å²) < 4.78 is 6.24. The number of nitro groups is 1. The van der Waals surface area contributed by atoms with Gasteiger partial charge in [-0.05, 0) is 49.5 Å².